The number of thiazole rings is 1. The van der Waals surface area contributed by atoms with Gasteiger partial charge in [-0.1, -0.05) is 30.0 Å². The number of aliphatic imine (C=N–C) groups is 1. The average molecular weight is 533 g/mol. The van der Waals surface area contributed by atoms with Gasteiger partial charge in [-0.3, -0.25) is 9.59 Å². The first kappa shape index (κ1) is 24.5. The highest BCUT2D eigenvalue weighted by molar-refractivity contribution is 8.13. The van der Waals surface area contributed by atoms with E-state index in [0.29, 0.717) is 26.2 Å². The van der Waals surface area contributed by atoms with E-state index in [1.807, 2.05) is 13.0 Å². The summed E-state index contributed by atoms with van der Waals surface area (Å²) in [5, 5.41) is 11.9. The van der Waals surface area contributed by atoms with E-state index in [1.54, 1.807) is 29.6 Å². The van der Waals surface area contributed by atoms with Crippen molar-refractivity contribution in [2.75, 3.05) is 17.7 Å². The fourth-order valence-corrected chi connectivity index (χ4v) is 6.28. The second kappa shape index (κ2) is 10.1. The zero-order valence-electron chi connectivity index (χ0n) is 19.1. The Balaban J connectivity index is 1.39. The van der Waals surface area contributed by atoms with Gasteiger partial charge in [-0.15, -0.1) is 11.3 Å². The minimum absolute atomic E-state index is 0.0588. The summed E-state index contributed by atoms with van der Waals surface area (Å²) in [6.45, 7) is -0.540. The van der Waals surface area contributed by atoms with Gasteiger partial charge in [0, 0.05) is 28.8 Å². The highest BCUT2D eigenvalue weighted by atomic mass is 32.2. The van der Waals surface area contributed by atoms with Gasteiger partial charge in [0.05, 0.1) is 12.7 Å². The number of fused-ring (bicyclic) bond motifs is 1. The lowest BCUT2D eigenvalue weighted by atomic mass is 9.80. The Labute approximate surface area is 213 Å². The maximum Gasteiger partial charge on any atom is 0.333 e. The van der Waals surface area contributed by atoms with Gasteiger partial charge in [-0.25, -0.2) is 14.7 Å². The molecule has 2 amide bonds. The van der Waals surface area contributed by atoms with Crippen LogP contribution in [0.3, 0.4) is 0 Å². The van der Waals surface area contributed by atoms with E-state index in [2.05, 4.69) is 20.7 Å². The quantitative estimate of drug-likeness (QED) is 0.511. The van der Waals surface area contributed by atoms with Crippen LogP contribution in [0.25, 0.3) is 0 Å². The Kier molecular flexibility index (Phi) is 6.86. The van der Waals surface area contributed by atoms with Crippen molar-refractivity contribution in [3.8, 4) is 0 Å². The molecule has 4 heterocycles. The average Bonchev–Trinajstić information content (AvgIpc) is 3.55. The Morgan fingerprint density at radius 2 is 2.00 bits per heavy atom. The van der Waals surface area contributed by atoms with Gasteiger partial charge in [0.15, 0.2) is 10.9 Å². The Morgan fingerprint density at radius 3 is 2.75 bits per heavy atom. The lowest BCUT2D eigenvalue weighted by molar-refractivity contribution is -0.0466. The summed E-state index contributed by atoms with van der Waals surface area (Å²) in [7, 11) is 0. The summed E-state index contributed by atoms with van der Waals surface area (Å²) in [5.74, 6) is 0.193. The number of alkyl halides is 2. The molecule has 2 aliphatic rings. The van der Waals surface area contributed by atoms with E-state index >= 15 is 0 Å². The fourth-order valence-electron chi connectivity index (χ4n) is 4.16. The van der Waals surface area contributed by atoms with Gasteiger partial charge in [0.2, 0.25) is 0 Å². The standard InChI is InChI=1S/C23H22F2N6O3S2/c1-13-9-15-10-36-22(28-18(32)14-5-3-2-4-6-14)29-23(15,12-34-13)20-27-17(11-35-20)26-19(33)16-7-8-31(30-16)21(24)25/h2-8,11,13,15,21H,9-10,12H2,1H3,(H,26,33)(H,28,29,32)/t13-,15-,23-/m0/s1. The number of thioether (sulfide) groups is 1. The number of ether oxygens (including phenoxy) is 1. The van der Waals surface area contributed by atoms with E-state index in [1.165, 1.54) is 29.2 Å². The van der Waals surface area contributed by atoms with Crippen LogP contribution in [0.4, 0.5) is 14.6 Å². The number of carbonyl (C=O) groups excluding carboxylic acids is 2. The van der Waals surface area contributed by atoms with Gasteiger partial charge in [-0.05, 0) is 31.5 Å². The second-order valence-corrected chi connectivity index (χ2v) is 10.3. The predicted octanol–water partition coefficient (Wildman–Crippen LogP) is 4.14. The third-order valence-corrected chi connectivity index (χ3v) is 8.06. The molecule has 1 saturated heterocycles. The summed E-state index contributed by atoms with van der Waals surface area (Å²) in [6.07, 6.45) is 1.86. The summed E-state index contributed by atoms with van der Waals surface area (Å²) >= 11 is 2.80. The smallest absolute Gasteiger partial charge is 0.333 e. The molecule has 9 nitrogen and oxygen atoms in total. The highest BCUT2D eigenvalue weighted by Crippen LogP contribution is 2.47. The normalized spacial score (nSPS) is 23.6. The first-order valence-electron chi connectivity index (χ1n) is 11.2. The molecule has 188 valence electrons. The van der Waals surface area contributed by atoms with Crippen molar-refractivity contribution in [2.45, 2.75) is 31.5 Å². The molecule has 0 unspecified atom stereocenters. The minimum atomic E-state index is -2.83. The second-order valence-electron chi connectivity index (χ2n) is 8.48. The molecule has 5 rings (SSSR count). The Morgan fingerprint density at radius 1 is 1.19 bits per heavy atom. The molecule has 2 aromatic heterocycles. The molecule has 0 bridgehead atoms. The number of hydrogen-bond donors (Lipinski definition) is 2. The number of anilines is 1. The van der Waals surface area contributed by atoms with Crippen molar-refractivity contribution < 1.29 is 23.1 Å². The van der Waals surface area contributed by atoms with Gasteiger partial charge >= 0.3 is 6.55 Å². The molecule has 0 radical (unpaired) electrons. The third kappa shape index (κ3) is 4.90. The minimum Gasteiger partial charge on any atom is -0.375 e. The molecule has 3 atom stereocenters. The van der Waals surface area contributed by atoms with Crippen LogP contribution in [-0.4, -0.2) is 50.2 Å². The van der Waals surface area contributed by atoms with Gasteiger partial charge in [-0.2, -0.15) is 13.9 Å². The van der Waals surface area contributed by atoms with Crippen LogP contribution in [0, 0.1) is 5.92 Å². The third-order valence-electron chi connectivity index (χ3n) is 6.02. The van der Waals surface area contributed by atoms with Crippen molar-refractivity contribution in [3.05, 3.63) is 64.2 Å². The van der Waals surface area contributed by atoms with Crippen LogP contribution < -0.4 is 10.6 Å². The van der Waals surface area contributed by atoms with Gasteiger partial charge in [0.25, 0.3) is 11.8 Å². The number of amides is 2. The lowest BCUT2D eigenvalue weighted by Gasteiger charge is -2.44. The molecule has 13 heteroatoms. The zero-order valence-corrected chi connectivity index (χ0v) is 20.7. The molecule has 36 heavy (non-hydrogen) atoms. The van der Waals surface area contributed by atoms with Crippen LogP contribution in [0.1, 0.15) is 45.7 Å². The monoisotopic (exact) mass is 532 g/mol. The number of amidine groups is 1. The van der Waals surface area contributed by atoms with Gasteiger partial charge in [0.1, 0.15) is 16.4 Å². The molecule has 0 saturated carbocycles. The van der Waals surface area contributed by atoms with E-state index in [-0.39, 0.29) is 36.0 Å². The van der Waals surface area contributed by atoms with Crippen molar-refractivity contribution in [1.29, 1.82) is 0 Å². The van der Waals surface area contributed by atoms with Crippen molar-refractivity contribution in [3.63, 3.8) is 0 Å². The van der Waals surface area contributed by atoms with E-state index in [4.69, 9.17) is 9.73 Å². The number of aromatic nitrogens is 3. The van der Waals surface area contributed by atoms with Crippen LogP contribution >= 0.6 is 23.1 Å². The van der Waals surface area contributed by atoms with Crippen LogP contribution in [0.15, 0.2) is 53.0 Å². The Hall–Kier alpha value is -3.16. The molecule has 1 aromatic carbocycles. The van der Waals surface area contributed by atoms with E-state index < -0.39 is 18.0 Å². The molecular formula is C23H22F2N6O3S2. The van der Waals surface area contributed by atoms with Crippen molar-refractivity contribution >= 4 is 45.9 Å². The maximum atomic E-state index is 12.8. The summed E-state index contributed by atoms with van der Waals surface area (Å²) < 4.78 is 32.0. The molecule has 1 fully saturated rings. The summed E-state index contributed by atoms with van der Waals surface area (Å²) in [4.78, 5) is 34.8. The first-order chi connectivity index (χ1) is 17.3. The van der Waals surface area contributed by atoms with Crippen LogP contribution in [0.2, 0.25) is 0 Å². The predicted molar refractivity (Wildman–Crippen MR) is 133 cm³/mol. The van der Waals surface area contributed by atoms with Crippen LogP contribution in [-0.2, 0) is 10.3 Å². The number of benzene rings is 1. The number of nitrogens with one attached hydrogen (secondary N) is 2. The zero-order chi connectivity index (χ0) is 25.3. The van der Waals surface area contributed by atoms with Crippen molar-refractivity contribution in [2.24, 2.45) is 10.9 Å². The lowest BCUT2D eigenvalue weighted by Crippen LogP contribution is -2.50. The first-order valence-corrected chi connectivity index (χ1v) is 13.0. The summed E-state index contributed by atoms with van der Waals surface area (Å²) in [5.41, 5.74) is -0.435. The molecule has 3 aromatic rings. The Bertz CT molecular complexity index is 1300. The molecule has 2 N–H and O–H groups in total. The largest absolute Gasteiger partial charge is 0.375 e. The highest BCUT2D eigenvalue weighted by Gasteiger charge is 2.49. The van der Waals surface area contributed by atoms with E-state index in [9.17, 15) is 18.4 Å². The number of nitrogens with zero attached hydrogens (tertiary/aromatic N) is 4. The van der Waals surface area contributed by atoms with E-state index in [0.717, 1.165) is 12.6 Å². The fraction of sp³-hybridized carbons (Fsp3) is 0.348. The maximum absolute atomic E-state index is 12.8. The number of halogens is 2. The number of carbonyl (C=O) groups is 2. The topological polar surface area (TPSA) is 110 Å². The molecular weight excluding hydrogens is 510 g/mol. The SMILES string of the molecule is C[C@H]1C[C@H]2CSC(NC(=O)c3ccccc3)=N[C@@]2(c2nc(NC(=O)c3ccn(C(F)F)n3)cs2)CO1. The molecule has 2 aliphatic heterocycles. The van der Waals surface area contributed by atoms with Gasteiger partial charge < -0.3 is 15.4 Å². The summed E-state index contributed by atoms with van der Waals surface area (Å²) in [6, 6.07) is 10.1. The number of rotatable bonds is 5. The molecule has 0 spiro atoms. The number of hydrogen-bond acceptors (Lipinski definition) is 8. The molecule has 0 aliphatic carbocycles. The van der Waals surface area contributed by atoms with Crippen molar-refractivity contribution in [1.82, 2.24) is 20.1 Å². The van der Waals surface area contributed by atoms with Crippen LogP contribution in [0.5, 0.6) is 0 Å².